The fourth-order valence-corrected chi connectivity index (χ4v) is 3.98. The molecule has 2 rings (SSSR count). The maximum absolute atomic E-state index is 12.7. The first-order chi connectivity index (χ1) is 12.7. The normalized spacial score (nSPS) is 22.7. The van der Waals surface area contributed by atoms with Crippen molar-refractivity contribution in [1.82, 2.24) is 14.7 Å². The second-order valence-electron chi connectivity index (χ2n) is 9.18. The first-order valence-corrected chi connectivity index (χ1v) is 10.7. The number of carbonyl (C=O) groups excluding carboxylic acids is 2. The fraction of sp³-hybridized carbons (Fsp3) is 0.905. The monoisotopic (exact) mass is 381 g/mol. The summed E-state index contributed by atoms with van der Waals surface area (Å²) in [6, 6.07) is 0.357. The Bertz CT molecular complexity index is 495. The lowest BCUT2D eigenvalue weighted by Crippen LogP contribution is -2.47. The third kappa shape index (κ3) is 6.98. The van der Waals surface area contributed by atoms with Gasteiger partial charge in [0, 0.05) is 32.2 Å². The predicted octanol–water partition coefficient (Wildman–Crippen LogP) is 3.36. The number of ether oxygens (including phenoxy) is 1. The van der Waals surface area contributed by atoms with E-state index >= 15 is 0 Å². The van der Waals surface area contributed by atoms with Crippen LogP contribution in [-0.2, 0) is 9.53 Å². The molecule has 1 atom stereocenters. The van der Waals surface area contributed by atoms with Crippen LogP contribution in [0.4, 0.5) is 4.79 Å². The van der Waals surface area contributed by atoms with Crippen LogP contribution < -0.4 is 0 Å². The minimum Gasteiger partial charge on any atom is -0.444 e. The number of carbonyl (C=O) groups is 2. The zero-order chi connectivity index (χ0) is 20.0. The number of piperidine rings is 1. The first-order valence-electron chi connectivity index (χ1n) is 10.7. The Balaban J connectivity index is 1.86. The van der Waals surface area contributed by atoms with Gasteiger partial charge >= 0.3 is 6.09 Å². The van der Waals surface area contributed by atoms with Crippen molar-refractivity contribution in [3.05, 3.63) is 0 Å². The van der Waals surface area contributed by atoms with Gasteiger partial charge in [-0.2, -0.15) is 0 Å². The third-order valence-corrected chi connectivity index (χ3v) is 5.75. The molecule has 0 bridgehead atoms. The summed E-state index contributed by atoms with van der Waals surface area (Å²) in [5.41, 5.74) is -0.462. The average molecular weight is 382 g/mol. The molecule has 2 fully saturated rings. The molecule has 0 radical (unpaired) electrons. The number of likely N-dealkylation sites (N-methyl/N-ethyl adjacent to an activating group) is 1. The van der Waals surface area contributed by atoms with E-state index in [-0.39, 0.29) is 12.0 Å². The highest BCUT2D eigenvalue weighted by atomic mass is 16.6. The number of hydrogen-bond acceptors (Lipinski definition) is 4. The van der Waals surface area contributed by atoms with Crippen LogP contribution in [0.1, 0.15) is 66.7 Å². The summed E-state index contributed by atoms with van der Waals surface area (Å²) in [5.74, 6) is 0.994. The van der Waals surface area contributed by atoms with Crippen LogP contribution in [0.15, 0.2) is 0 Å². The van der Waals surface area contributed by atoms with Crippen molar-refractivity contribution in [2.45, 2.75) is 78.4 Å². The SMILES string of the molecule is CCN(CC(=O)N1CCC(C)CC1)[C@H]1CCCN(C(=O)OC(C)(C)C)CC1. The van der Waals surface area contributed by atoms with E-state index in [0.29, 0.717) is 19.1 Å². The van der Waals surface area contributed by atoms with Crippen LogP contribution in [0.5, 0.6) is 0 Å². The summed E-state index contributed by atoms with van der Waals surface area (Å²) in [5, 5.41) is 0. The molecule has 0 aromatic heterocycles. The average Bonchev–Trinajstić information content (AvgIpc) is 2.85. The molecule has 2 aliphatic rings. The van der Waals surface area contributed by atoms with Gasteiger partial charge in [0.05, 0.1) is 6.54 Å². The third-order valence-electron chi connectivity index (χ3n) is 5.75. The van der Waals surface area contributed by atoms with Gasteiger partial charge in [0.15, 0.2) is 0 Å². The summed E-state index contributed by atoms with van der Waals surface area (Å²) < 4.78 is 5.52. The smallest absolute Gasteiger partial charge is 0.410 e. The van der Waals surface area contributed by atoms with Gasteiger partial charge in [-0.3, -0.25) is 9.69 Å². The van der Waals surface area contributed by atoms with Crippen molar-refractivity contribution in [3.8, 4) is 0 Å². The second kappa shape index (κ2) is 9.76. The van der Waals surface area contributed by atoms with E-state index < -0.39 is 5.60 Å². The topological polar surface area (TPSA) is 53.1 Å². The predicted molar refractivity (Wildman–Crippen MR) is 108 cm³/mol. The molecule has 0 spiro atoms. The van der Waals surface area contributed by atoms with Crippen LogP contribution in [0.25, 0.3) is 0 Å². The molecule has 0 N–H and O–H groups in total. The standard InChI is InChI=1S/C21H39N3O3/c1-6-22(16-19(25)23-13-9-17(2)10-14-23)18-8-7-12-24(15-11-18)20(26)27-21(3,4)5/h17-18H,6-16H2,1-5H3/t18-/m0/s1. The molecule has 2 heterocycles. The summed E-state index contributed by atoms with van der Waals surface area (Å²) in [7, 11) is 0. The van der Waals surface area contributed by atoms with E-state index in [4.69, 9.17) is 4.74 Å². The zero-order valence-electron chi connectivity index (χ0n) is 18.0. The first kappa shape index (κ1) is 22.0. The molecule has 0 unspecified atom stereocenters. The zero-order valence-corrected chi connectivity index (χ0v) is 18.0. The molecule has 6 heteroatoms. The van der Waals surface area contributed by atoms with E-state index in [2.05, 4.69) is 18.7 Å². The number of hydrogen-bond donors (Lipinski definition) is 0. The van der Waals surface area contributed by atoms with Gasteiger partial charge in [0.1, 0.15) is 5.60 Å². The van der Waals surface area contributed by atoms with Crippen molar-refractivity contribution in [3.63, 3.8) is 0 Å². The van der Waals surface area contributed by atoms with Crippen LogP contribution in [-0.4, -0.2) is 77.6 Å². The molecule has 2 aliphatic heterocycles. The Morgan fingerprint density at radius 3 is 2.22 bits per heavy atom. The van der Waals surface area contributed by atoms with E-state index in [9.17, 15) is 9.59 Å². The summed E-state index contributed by atoms with van der Waals surface area (Å²) in [6.45, 7) is 14.7. The molecule has 156 valence electrons. The highest BCUT2D eigenvalue weighted by Gasteiger charge is 2.29. The number of nitrogens with zero attached hydrogens (tertiary/aromatic N) is 3. The van der Waals surface area contributed by atoms with Crippen molar-refractivity contribution in [1.29, 1.82) is 0 Å². The Morgan fingerprint density at radius 2 is 1.63 bits per heavy atom. The van der Waals surface area contributed by atoms with Gasteiger partial charge < -0.3 is 14.5 Å². The lowest BCUT2D eigenvalue weighted by atomic mass is 9.99. The van der Waals surface area contributed by atoms with Gasteiger partial charge in [-0.05, 0) is 65.3 Å². The van der Waals surface area contributed by atoms with Crippen molar-refractivity contribution in [2.75, 3.05) is 39.3 Å². The molecule has 0 aliphatic carbocycles. The molecule has 2 saturated heterocycles. The highest BCUT2D eigenvalue weighted by molar-refractivity contribution is 5.78. The summed E-state index contributed by atoms with van der Waals surface area (Å²) in [4.78, 5) is 31.2. The lowest BCUT2D eigenvalue weighted by Gasteiger charge is -2.34. The molecule has 6 nitrogen and oxygen atoms in total. The van der Waals surface area contributed by atoms with Crippen LogP contribution in [0.3, 0.4) is 0 Å². The van der Waals surface area contributed by atoms with E-state index in [1.807, 2.05) is 30.6 Å². The van der Waals surface area contributed by atoms with Crippen molar-refractivity contribution >= 4 is 12.0 Å². The molecule has 2 amide bonds. The maximum atomic E-state index is 12.7. The Hall–Kier alpha value is -1.30. The van der Waals surface area contributed by atoms with Crippen LogP contribution in [0.2, 0.25) is 0 Å². The van der Waals surface area contributed by atoms with E-state index in [1.54, 1.807) is 0 Å². The van der Waals surface area contributed by atoms with Crippen LogP contribution >= 0.6 is 0 Å². The number of amides is 2. The molecular weight excluding hydrogens is 342 g/mol. The van der Waals surface area contributed by atoms with Crippen LogP contribution in [0, 0.1) is 5.92 Å². The molecule has 27 heavy (non-hydrogen) atoms. The number of rotatable bonds is 4. The quantitative estimate of drug-likeness (QED) is 0.749. The molecule has 0 aromatic carbocycles. The van der Waals surface area contributed by atoms with Gasteiger partial charge in [-0.1, -0.05) is 13.8 Å². The largest absolute Gasteiger partial charge is 0.444 e. The maximum Gasteiger partial charge on any atom is 0.410 e. The molecule has 0 aromatic rings. The van der Waals surface area contributed by atoms with Gasteiger partial charge in [-0.15, -0.1) is 0 Å². The number of likely N-dealkylation sites (tertiary alicyclic amines) is 2. The molecular formula is C21H39N3O3. The Labute approximate surface area is 165 Å². The van der Waals surface area contributed by atoms with Gasteiger partial charge in [-0.25, -0.2) is 4.79 Å². The minimum atomic E-state index is -0.462. The Morgan fingerprint density at radius 1 is 1.00 bits per heavy atom. The summed E-state index contributed by atoms with van der Waals surface area (Å²) >= 11 is 0. The fourth-order valence-electron chi connectivity index (χ4n) is 3.98. The van der Waals surface area contributed by atoms with Crippen molar-refractivity contribution < 1.29 is 14.3 Å². The van der Waals surface area contributed by atoms with E-state index in [1.165, 1.54) is 0 Å². The molecule has 0 saturated carbocycles. The van der Waals surface area contributed by atoms with Crippen molar-refractivity contribution in [2.24, 2.45) is 5.92 Å². The van der Waals surface area contributed by atoms with Gasteiger partial charge in [0.25, 0.3) is 0 Å². The lowest BCUT2D eigenvalue weighted by molar-refractivity contribution is -0.134. The Kier molecular flexibility index (Phi) is 7.95. The minimum absolute atomic E-state index is 0.218. The summed E-state index contributed by atoms with van der Waals surface area (Å²) in [6.07, 6.45) is 4.90. The second-order valence-corrected chi connectivity index (χ2v) is 9.18. The van der Waals surface area contributed by atoms with E-state index in [0.717, 1.165) is 64.2 Å². The highest BCUT2D eigenvalue weighted by Crippen LogP contribution is 2.20. The van der Waals surface area contributed by atoms with Gasteiger partial charge in [0.2, 0.25) is 5.91 Å².